The molecule has 52 heavy (non-hydrogen) atoms. The van der Waals surface area contributed by atoms with Gasteiger partial charge in [-0.2, -0.15) is 10.2 Å². The lowest BCUT2D eigenvalue weighted by atomic mass is 10.1. The number of likely N-dealkylation sites (N-methyl/N-ethyl adjacent to an activating group) is 1. The zero-order valence-corrected chi connectivity index (χ0v) is 31.2. The van der Waals surface area contributed by atoms with Crippen molar-refractivity contribution in [3.63, 3.8) is 0 Å². The number of hydrogen-bond donors (Lipinski definition) is 1. The molecule has 5 aromatic rings. The Hall–Kier alpha value is -4.24. The summed E-state index contributed by atoms with van der Waals surface area (Å²) >= 11 is 12.5. The molecule has 2 saturated heterocycles. The van der Waals surface area contributed by atoms with Gasteiger partial charge in [-0.15, -0.1) is 0 Å². The molecule has 2 aromatic heterocycles. The number of nitrogens with zero attached hydrogens (tertiary/aromatic N) is 8. The van der Waals surface area contributed by atoms with Crippen molar-refractivity contribution >= 4 is 28.9 Å². The van der Waals surface area contributed by atoms with Gasteiger partial charge in [0.15, 0.2) is 0 Å². The second kappa shape index (κ2) is 16.6. The largest absolute Gasteiger partial charge is 0.491 e. The average molecular weight is 752 g/mol. The Bertz CT molecular complexity index is 1940. The number of hydrogen-bond acceptors (Lipinski definition) is 10. The minimum Gasteiger partial charge on any atom is -0.491 e. The fraction of sp³-hybridized carbons (Fsp3) is 0.405. The van der Waals surface area contributed by atoms with E-state index in [2.05, 4.69) is 32.0 Å². The Morgan fingerprint density at radius 1 is 0.962 bits per heavy atom. The van der Waals surface area contributed by atoms with E-state index >= 15 is 0 Å². The second-order valence-corrected chi connectivity index (χ2v) is 14.0. The van der Waals surface area contributed by atoms with Gasteiger partial charge in [0.1, 0.15) is 44.0 Å². The molecule has 4 atom stereocenters. The van der Waals surface area contributed by atoms with Crippen LogP contribution in [0.1, 0.15) is 31.0 Å². The van der Waals surface area contributed by atoms with Gasteiger partial charge < -0.3 is 29.1 Å². The van der Waals surface area contributed by atoms with Crippen LogP contribution in [-0.2, 0) is 21.8 Å². The van der Waals surface area contributed by atoms with Crippen molar-refractivity contribution in [1.29, 1.82) is 0 Å². The molecule has 7 rings (SSSR count). The lowest BCUT2D eigenvalue weighted by Crippen LogP contribution is -2.44. The van der Waals surface area contributed by atoms with E-state index in [-0.39, 0.29) is 17.8 Å². The first kappa shape index (κ1) is 37.5. The summed E-state index contributed by atoms with van der Waals surface area (Å²) in [7, 11) is 2.14. The quantitative estimate of drug-likeness (QED) is 0.209. The highest BCUT2D eigenvalue weighted by Crippen LogP contribution is 2.40. The number of aliphatic hydroxyl groups is 1. The van der Waals surface area contributed by atoms with Gasteiger partial charge in [-0.05, 0) is 76.3 Å². The molecule has 0 amide bonds. The van der Waals surface area contributed by atoms with Crippen LogP contribution < -0.4 is 15.3 Å². The number of aromatic nitrogens is 6. The predicted molar refractivity (Wildman–Crippen MR) is 200 cm³/mol. The van der Waals surface area contributed by atoms with Crippen LogP contribution in [0.5, 0.6) is 5.75 Å². The summed E-state index contributed by atoms with van der Waals surface area (Å²) < 4.78 is 22.8. The van der Waals surface area contributed by atoms with E-state index in [1.165, 1.54) is 33.2 Å². The highest BCUT2D eigenvalue weighted by Gasteiger charge is 2.45. The smallest absolute Gasteiger partial charge is 0.350 e. The molecule has 276 valence electrons. The first-order valence-electron chi connectivity index (χ1n) is 17.2. The monoisotopic (exact) mass is 750 g/mol. The molecule has 2 aliphatic rings. The van der Waals surface area contributed by atoms with Crippen molar-refractivity contribution in [2.24, 2.45) is 0 Å². The lowest BCUT2D eigenvalue weighted by Gasteiger charge is -2.34. The summed E-state index contributed by atoms with van der Waals surface area (Å²) in [5.74, 6) is -0.316. The standard InChI is InChI=1S/C20H19Cl2N3O3.C17H25N5O2/c1-14-2-5-16(6-3-14)26-9-17-10-27-20(28-17,11-25-13-23-12-24-25)18-7-4-15(21)8-19(18)22;1-13(14(2)23)22-17(24)21(12-18-22)16-6-4-15(5-7-16)20-10-8-19(3)9-11-20/h2-8,12-13,17H,9-11H2,1H3;4-7,12-14,23H,8-11H2,1-3H3. The summed E-state index contributed by atoms with van der Waals surface area (Å²) in [6.45, 7) is 10.6. The van der Waals surface area contributed by atoms with Crippen LogP contribution in [0, 0.1) is 6.92 Å². The van der Waals surface area contributed by atoms with Crippen LogP contribution in [-0.4, -0.2) is 97.8 Å². The SMILES string of the molecule is CC(O)C(C)n1ncn(-c2ccc(N3CCN(C)CC3)cc2)c1=O.Cc1ccc(OCC2COC(Cn3cncn3)(c3ccc(Cl)cc3Cl)O2)cc1. The Morgan fingerprint density at radius 3 is 2.33 bits per heavy atom. The molecule has 0 radical (unpaired) electrons. The van der Waals surface area contributed by atoms with E-state index in [0.717, 1.165) is 37.6 Å². The second-order valence-electron chi connectivity index (χ2n) is 13.2. The van der Waals surface area contributed by atoms with Gasteiger partial charge in [0.25, 0.3) is 0 Å². The van der Waals surface area contributed by atoms with Gasteiger partial charge in [0.05, 0.1) is 29.5 Å². The van der Waals surface area contributed by atoms with Gasteiger partial charge in [-0.3, -0.25) is 0 Å². The summed E-state index contributed by atoms with van der Waals surface area (Å²) in [5, 5.41) is 19.0. The van der Waals surface area contributed by atoms with Crippen LogP contribution in [0.15, 0.2) is 90.5 Å². The molecule has 0 saturated carbocycles. The molecule has 0 spiro atoms. The number of halogens is 2. The maximum absolute atomic E-state index is 12.5. The molecule has 4 heterocycles. The normalized spacial score (nSPS) is 20.3. The van der Waals surface area contributed by atoms with E-state index < -0.39 is 11.9 Å². The van der Waals surface area contributed by atoms with E-state index in [0.29, 0.717) is 35.4 Å². The summed E-state index contributed by atoms with van der Waals surface area (Å²) in [4.78, 5) is 21.1. The molecular weight excluding hydrogens is 707 g/mol. The van der Waals surface area contributed by atoms with Crippen LogP contribution in [0.25, 0.3) is 5.69 Å². The zero-order valence-electron chi connectivity index (χ0n) is 29.7. The molecule has 0 bridgehead atoms. The fourth-order valence-electron chi connectivity index (χ4n) is 5.97. The van der Waals surface area contributed by atoms with E-state index in [1.807, 2.05) is 61.5 Å². The Kier molecular flexibility index (Phi) is 12.0. The molecule has 0 aliphatic carbocycles. The molecule has 15 heteroatoms. The molecule has 2 fully saturated rings. The maximum Gasteiger partial charge on any atom is 0.350 e. The van der Waals surface area contributed by atoms with Gasteiger partial charge in [0.2, 0.25) is 5.79 Å². The number of piperazine rings is 1. The van der Waals surface area contributed by atoms with Crippen molar-refractivity contribution in [1.82, 2.24) is 34.0 Å². The van der Waals surface area contributed by atoms with Crippen molar-refractivity contribution in [3.05, 3.63) is 117 Å². The molecule has 3 aromatic carbocycles. The number of rotatable bonds is 10. The molecule has 13 nitrogen and oxygen atoms in total. The average Bonchev–Trinajstić information content (AvgIpc) is 3.89. The van der Waals surface area contributed by atoms with Gasteiger partial charge in [0, 0.05) is 42.5 Å². The third kappa shape index (κ3) is 8.85. The number of benzene rings is 3. The van der Waals surface area contributed by atoms with Crippen LogP contribution in [0.2, 0.25) is 10.0 Å². The molecular formula is C37H44Cl2N8O5. The molecule has 2 aliphatic heterocycles. The minimum absolute atomic E-state index is 0.240. The zero-order chi connectivity index (χ0) is 36.8. The van der Waals surface area contributed by atoms with Crippen molar-refractivity contribution < 1.29 is 19.3 Å². The van der Waals surface area contributed by atoms with Crippen LogP contribution in [0.4, 0.5) is 5.69 Å². The van der Waals surface area contributed by atoms with E-state index in [4.69, 9.17) is 37.4 Å². The third-order valence-electron chi connectivity index (χ3n) is 9.27. The number of aliphatic hydroxyl groups excluding tert-OH is 1. The topological polar surface area (TPSA) is 125 Å². The minimum atomic E-state index is -1.10. The summed E-state index contributed by atoms with van der Waals surface area (Å²) in [5.41, 5.74) is 3.58. The van der Waals surface area contributed by atoms with Gasteiger partial charge >= 0.3 is 5.69 Å². The Morgan fingerprint density at radius 2 is 1.67 bits per heavy atom. The van der Waals surface area contributed by atoms with Crippen molar-refractivity contribution in [3.8, 4) is 11.4 Å². The maximum atomic E-state index is 12.5. The van der Waals surface area contributed by atoms with Crippen LogP contribution in [0.3, 0.4) is 0 Å². The predicted octanol–water partition coefficient (Wildman–Crippen LogP) is 4.97. The van der Waals surface area contributed by atoms with Crippen molar-refractivity contribution in [2.45, 2.75) is 51.4 Å². The number of aryl methyl sites for hydroxylation is 1. The summed E-state index contributed by atoms with van der Waals surface area (Å²) in [6.07, 6.45) is 3.67. The Balaban J connectivity index is 0.000000181. The van der Waals surface area contributed by atoms with Gasteiger partial charge in [-0.1, -0.05) is 47.0 Å². The molecule has 1 N–H and O–H groups in total. The van der Waals surface area contributed by atoms with E-state index in [9.17, 15) is 9.90 Å². The highest BCUT2D eigenvalue weighted by atomic mass is 35.5. The lowest BCUT2D eigenvalue weighted by molar-refractivity contribution is -0.190. The van der Waals surface area contributed by atoms with Crippen molar-refractivity contribution in [2.75, 3.05) is 51.3 Å². The third-order valence-corrected chi connectivity index (χ3v) is 9.82. The van der Waals surface area contributed by atoms with Gasteiger partial charge in [-0.25, -0.2) is 23.7 Å². The first-order valence-corrected chi connectivity index (χ1v) is 17.9. The van der Waals surface area contributed by atoms with E-state index in [1.54, 1.807) is 37.0 Å². The fourth-order valence-corrected chi connectivity index (χ4v) is 6.52. The van der Waals surface area contributed by atoms with Crippen LogP contribution >= 0.6 is 23.2 Å². The Labute approximate surface area is 312 Å². The highest BCUT2D eigenvalue weighted by molar-refractivity contribution is 6.35. The first-order chi connectivity index (χ1) is 25.0. The molecule has 4 unspecified atom stereocenters. The number of anilines is 1. The number of ether oxygens (including phenoxy) is 3. The summed E-state index contributed by atoms with van der Waals surface area (Å²) in [6, 6.07) is 20.7.